The lowest BCUT2D eigenvalue weighted by molar-refractivity contribution is 0.100. The van der Waals surface area contributed by atoms with Gasteiger partial charge < -0.3 is 5.73 Å². The van der Waals surface area contributed by atoms with Gasteiger partial charge in [0.2, 0.25) is 0 Å². The molecule has 0 aliphatic carbocycles. The molecule has 0 unspecified atom stereocenters. The summed E-state index contributed by atoms with van der Waals surface area (Å²) in [5, 5.41) is 0.707. The maximum Gasteiger partial charge on any atom is 0.264 e. The Kier molecular flexibility index (Phi) is 3.71. The molecular formula is C16H13N3O3S. The summed E-state index contributed by atoms with van der Waals surface area (Å²) in [5.41, 5.74) is 5.87. The molecule has 0 aliphatic heterocycles. The van der Waals surface area contributed by atoms with Crippen LogP contribution in [0.15, 0.2) is 65.7 Å². The molecule has 2 aromatic carbocycles. The van der Waals surface area contributed by atoms with Crippen LogP contribution in [-0.2, 0) is 10.0 Å². The van der Waals surface area contributed by atoms with Crippen LogP contribution in [0.3, 0.4) is 0 Å². The predicted molar refractivity (Wildman–Crippen MR) is 87.5 cm³/mol. The standard InChI is InChI=1S/C16H13N3O3S/c17-16(20)12-7-1-2-8-13(12)19-23(21,22)14-9-3-5-11-6-4-10-18-15(11)14/h1-10,19H,(H2,17,20). The molecule has 23 heavy (non-hydrogen) atoms. The van der Waals surface area contributed by atoms with Crippen molar-refractivity contribution in [3.8, 4) is 0 Å². The lowest BCUT2D eigenvalue weighted by Crippen LogP contribution is -2.19. The normalized spacial score (nSPS) is 11.3. The number of hydrogen-bond donors (Lipinski definition) is 2. The summed E-state index contributed by atoms with van der Waals surface area (Å²) in [6.07, 6.45) is 1.53. The van der Waals surface area contributed by atoms with Gasteiger partial charge in [0.15, 0.2) is 0 Å². The van der Waals surface area contributed by atoms with Gasteiger partial charge in [-0.05, 0) is 24.3 Å². The van der Waals surface area contributed by atoms with Gasteiger partial charge in [0.05, 0.1) is 16.8 Å². The van der Waals surface area contributed by atoms with Crippen LogP contribution < -0.4 is 10.5 Å². The first-order valence-electron chi connectivity index (χ1n) is 6.74. The first kappa shape index (κ1) is 15.0. The van der Waals surface area contributed by atoms with Gasteiger partial charge in [0, 0.05) is 11.6 Å². The third-order valence-corrected chi connectivity index (χ3v) is 4.72. The molecular weight excluding hydrogens is 314 g/mol. The average Bonchev–Trinajstić information content (AvgIpc) is 2.54. The minimum absolute atomic E-state index is 0.0369. The van der Waals surface area contributed by atoms with E-state index in [1.807, 2.05) is 0 Å². The molecule has 7 heteroatoms. The van der Waals surface area contributed by atoms with E-state index in [4.69, 9.17) is 5.73 Å². The van der Waals surface area contributed by atoms with Gasteiger partial charge in [0.25, 0.3) is 15.9 Å². The molecule has 0 fully saturated rings. The number of nitrogens with one attached hydrogen (secondary N) is 1. The third kappa shape index (κ3) is 2.86. The SMILES string of the molecule is NC(=O)c1ccccc1NS(=O)(=O)c1cccc2cccnc12. The molecule has 0 saturated heterocycles. The van der Waals surface area contributed by atoms with Gasteiger partial charge in [-0.2, -0.15) is 0 Å². The molecule has 3 aromatic rings. The lowest BCUT2D eigenvalue weighted by Gasteiger charge is -2.12. The summed E-state index contributed by atoms with van der Waals surface area (Å²) in [4.78, 5) is 15.6. The van der Waals surface area contributed by atoms with Crippen molar-refractivity contribution in [1.29, 1.82) is 0 Å². The summed E-state index contributed by atoms with van der Waals surface area (Å²) < 4.78 is 27.8. The van der Waals surface area contributed by atoms with Crippen molar-refractivity contribution in [3.05, 3.63) is 66.4 Å². The molecule has 3 N–H and O–H groups in total. The Hall–Kier alpha value is -2.93. The second kappa shape index (κ2) is 5.69. The monoisotopic (exact) mass is 327 g/mol. The number of para-hydroxylation sites is 2. The van der Waals surface area contributed by atoms with Crippen molar-refractivity contribution in [2.45, 2.75) is 4.90 Å². The average molecular weight is 327 g/mol. The predicted octanol–water partition coefficient (Wildman–Crippen LogP) is 2.13. The van der Waals surface area contributed by atoms with Gasteiger partial charge in [-0.1, -0.05) is 30.3 Å². The fourth-order valence-corrected chi connectivity index (χ4v) is 3.54. The number of amides is 1. The first-order chi connectivity index (χ1) is 11.0. The van der Waals surface area contributed by atoms with E-state index in [1.54, 1.807) is 36.4 Å². The number of benzene rings is 2. The fraction of sp³-hybridized carbons (Fsp3) is 0. The number of carbonyl (C=O) groups excluding carboxylic acids is 1. The zero-order valence-corrected chi connectivity index (χ0v) is 12.7. The van der Waals surface area contributed by atoms with Crippen molar-refractivity contribution < 1.29 is 13.2 Å². The summed E-state index contributed by atoms with van der Waals surface area (Å²) in [6.45, 7) is 0. The van der Waals surface area contributed by atoms with Crippen molar-refractivity contribution in [2.75, 3.05) is 4.72 Å². The smallest absolute Gasteiger partial charge is 0.264 e. The minimum Gasteiger partial charge on any atom is -0.366 e. The highest BCUT2D eigenvalue weighted by atomic mass is 32.2. The topological polar surface area (TPSA) is 102 Å². The molecule has 0 aliphatic rings. The van der Waals surface area contributed by atoms with Crippen molar-refractivity contribution in [2.24, 2.45) is 5.73 Å². The second-order valence-corrected chi connectivity index (χ2v) is 6.50. The number of sulfonamides is 1. The molecule has 0 spiro atoms. The number of hydrogen-bond acceptors (Lipinski definition) is 4. The van der Waals surface area contributed by atoms with E-state index >= 15 is 0 Å². The van der Waals surface area contributed by atoms with Crippen LogP contribution in [0.25, 0.3) is 10.9 Å². The molecule has 6 nitrogen and oxygen atoms in total. The maximum absolute atomic E-state index is 12.7. The molecule has 3 rings (SSSR count). The maximum atomic E-state index is 12.7. The summed E-state index contributed by atoms with van der Waals surface area (Å²) in [7, 11) is -3.92. The Morgan fingerprint density at radius 2 is 1.74 bits per heavy atom. The second-order valence-electron chi connectivity index (χ2n) is 4.85. The molecule has 0 radical (unpaired) electrons. The lowest BCUT2D eigenvalue weighted by atomic mass is 10.2. The van der Waals surface area contributed by atoms with E-state index in [1.165, 1.54) is 24.4 Å². The Labute approximate surface area is 133 Å². The summed E-state index contributed by atoms with van der Waals surface area (Å²) in [6, 6.07) is 14.6. The molecule has 1 heterocycles. The van der Waals surface area contributed by atoms with Crippen molar-refractivity contribution in [3.63, 3.8) is 0 Å². The van der Waals surface area contributed by atoms with Crippen LogP contribution in [0.4, 0.5) is 5.69 Å². The van der Waals surface area contributed by atoms with E-state index in [0.717, 1.165) is 0 Å². The Bertz CT molecular complexity index is 995. The molecule has 0 atom stereocenters. The Morgan fingerprint density at radius 1 is 1.00 bits per heavy atom. The minimum atomic E-state index is -3.92. The van der Waals surface area contributed by atoms with Gasteiger partial charge in [-0.25, -0.2) is 8.42 Å². The largest absolute Gasteiger partial charge is 0.366 e. The first-order valence-corrected chi connectivity index (χ1v) is 8.23. The fourth-order valence-electron chi connectivity index (χ4n) is 2.28. The van der Waals surface area contributed by atoms with Crippen LogP contribution in [-0.4, -0.2) is 19.3 Å². The number of pyridine rings is 1. The van der Waals surface area contributed by atoms with Gasteiger partial charge in [0.1, 0.15) is 4.90 Å². The van der Waals surface area contributed by atoms with Crippen molar-refractivity contribution >= 4 is 32.5 Å². The number of aromatic nitrogens is 1. The number of anilines is 1. The Morgan fingerprint density at radius 3 is 2.52 bits per heavy atom. The zero-order chi connectivity index (χ0) is 16.4. The van der Waals surface area contributed by atoms with Crippen molar-refractivity contribution in [1.82, 2.24) is 4.98 Å². The number of fused-ring (bicyclic) bond motifs is 1. The van der Waals surface area contributed by atoms with Crippen LogP contribution in [0.1, 0.15) is 10.4 Å². The summed E-state index contributed by atoms with van der Waals surface area (Å²) >= 11 is 0. The van der Waals surface area contributed by atoms with E-state index in [2.05, 4.69) is 9.71 Å². The highest BCUT2D eigenvalue weighted by molar-refractivity contribution is 7.93. The van der Waals surface area contributed by atoms with E-state index in [-0.39, 0.29) is 16.1 Å². The summed E-state index contributed by atoms with van der Waals surface area (Å²) in [5.74, 6) is -0.709. The number of carbonyl (C=O) groups is 1. The van der Waals surface area contributed by atoms with Crippen LogP contribution >= 0.6 is 0 Å². The highest BCUT2D eigenvalue weighted by Gasteiger charge is 2.20. The molecule has 0 bridgehead atoms. The van der Waals surface area contributed by atoms with Gasteiger partial charge in [-0.15, -0.1) is 0 Å². The Balaban J connectivity index is 2.11. The number of nitrogens with zero attached hydrogens (tertiary/aromatic N) is 1. The molecule has 116 valence electrons. The van der Waals surface area contributed by atoms with Gasteiger partial charge in [-0.3, -0.25) is 14.5 Å². The third-order valence-electron chi connectivity index (χ3n) is 3.32. The quantitative estimate of drug-likeness (QED) is 0.766. The number of primary amides is 1. The van der Waals surface area contributed by atoms with Crippen LogP contribution in [0.2, 0.25) is 0 Å². The zero-order valence-electron chi connectivity index (χ0n) is 11.9. The number of nitrogens with two attached hydrogens (primary N) is 1. The van der Waals surface area contributed by atoms with E-state index in [9.17, 15) is 13.2 Å². The molecule has 0 saturated carbocycles. The molecule has 1 aromatic heterocycles. The van der Waals surface area contributed by atoms with E-state index in [0.29, 0.717) is 10.9 Å². The molecule has 1 amide bonds. The van der Waals surface area contributed by atoms with E-state index < -0.39 is 15.9 Å². The highest BCUT2D eigenvalue weighted by Crippen LogP contribution is 2.24. The number of rotatable bonds is 4. The van der Waals surface area contributed by atoms with Gasteiger partial charge >= 0.3 is 0 Å². The van der Waals surface area contributed by atoms with Crippen LogP contribution in [0.5, 0.6) is 0 Å². The van der Waals surface area contributed by atoms with Crippen LogP contribution in [0, 0.1) is 0 Å².